The lowest BCUT2D eigenvalue weighted by Crippen LogP contribution is -2.56. The fraction of sp³-hybridized carbons (Fsp3) is 0.323. The zero-order chi connectivity index (χ0) is 28.8. The first-order valence-corrected chi connectivity index (χ1v) is 14.3. The van der Waals surface area contributed by atoms with Crippen LogP contribution in [0.3, 0.4) is 0 Å². The van der Waals surface area contributed by atoms with E-state index in [-0.39, 0.29) is 29.5 Å². The Labute approximate surface area is 238 Å². The molecule has 40 heavy (non-hydrogen) atoms. The largest absolute Gasteiger partial charge is 0.508 e. The number of rotatable bonds is 9. The number of aromatic hydroxyl groups is 1. The Morgan fingerprint density at radius 1 is 0.975 bits per heavy atom. The number of amides is 3. The molecule has 0 spiro atoms. The molecule has 3 atom stereocenters. The second-order valence-corrected chi connectivity index (χ2v) is 11.1. The molecule has 0 saturated carbocycles. The van der Waals surface area contributed by atoms with Crippen molar-refractivity contribution in [1.29, 1.82) is 0 Å². The molecule has 9 heteroatoms. The quantitative estimate of drug-likeness (QED) is 0.319. The number of nitrogens with one attached hydrogen (secondary N) is 2. The number of carbonyl (C=O) groups excluding carboxylic acids is 3. The van der Waals surface area contributed by atoms with Gasteiger partial charge >= 0.3 is 0 Å². The summed E-state index contributed by atoms with van der Waals surface area (Å²) < 4.78 is 0. The third kappa shape index (κ3) is 6.66. The van der Waals surface area contributed by atoms with Crippen LogP contribution >= 0.6 is 11.8 Å². The molecule has 3 aromatic rings. The molecule has 0 bridgehead atoms. The lowest BCUT2D eigenvalue weighted by molar-refractivity contribution is -0.146. The highest BCUT2D eigenvalue weighted by molar-refractivity contribution is 7.99. The minimum Gasteiger partial charge on any atom is -0.508 e. The number of hydrogen-bond donors (Lipinski definition) is 4. The van der Waals surface area contributed by atoms with Crippen molar-refractivity contribution in [2.45, 2.75) is 51.9 Å². The summed E-state index contributed by atoms with van der Waals surface area (Å²) in [7, 11) is 0. The van der Waals surface area contributed by atoms with E-state index in [1.807, 2.05) is 62.4 Å². The Morgan fingerprint density at radius 2 is 1.65 bits per heavy atom. The summed E-state index contributed by atoms with van der Waals surface area (Å²) in [6.07, 6.45) is -1.39. The first-order chi connectivity index (χ1) is 19.2. The van der Waals surface area contributed by atoms with Gasteiger partial charge in [0, 0.05) is 23.4 Å². The van der Waals surface area contributed by atoms with E-state index in [2.05, 4.69) is 10.6 Å². The van der Waals surface area contributed by atoms with Gasteiger partial charge in [0.2, 0.25) is 5.91 Å². The van der Waals surface area contributed by atoms with Gasteiger partial charge in [0.25, 0.3) is 11.8 Å². The van der Waals surface area contributed by atoms with Crippen molar-refractivity contribution in [3.05, 3.63) is 100 Å². The summed E-state index contributed by atoms with van der Waals surface area (Å²) in [5.74, 6) is -0.768. The summed E-state index contributed by atoms with van der Waals surface area (Å²) in [4.78, 5) is 41.4. The predicted molar refractivity (Wildman–Crippen MR) is 156 cm³/mol. The van der Waals surface area contributed by atoms with Gasteiger partial charge in [0.15, 0.2) is 6.10 Å². The van der Waals surface area contributed by atoms with Crippen LogP contribution in [0.4, 0.5) is 0 Å². The monoisotopic (exact) mass is 561 g/mol. The Kier molecular flexibility index (Phi) is 9.50. The van der Waals surface area contributed by atoms with Crippen molar-refractivity contribution in [2.75, 3.05) is 11.6 Å². The molecular formula is C31H35N3O5S. The molecule has 4 rings (SSSR count). The van der Waals surface area contributed by atoms with E-state index in [0.717, 1.165) is 22.3 Å². The Hall–Kier alpha value is -3.82. The van der Waals surface area contributed by atoms with Crippen LogP contribution in [-0.4, -0.2) is 62.7 Å². The van der Waals surface area contributed by atoms with Gasteiger partial charge in [0.05, 0.1) is 11.9 Å². The Morgan fingerprint density at radius 3 is 2.35 bits per heavy atom. The molecule has 3 aromatic carbocycles. The van der Waals surface area contributed by atoms with Crippen molar-refractivity contribution in [3.8, 4) is 5.75 Å². The average molecular weight is 562 g/mol. The van der Waals surface area contributed by atoms with Crippen LogP contribution in [0, 0.1) is 20.8 Å². The predicted octanol–water partition coefficient (Wildman–Crippen LogP) is 3.24. The van der Waals surface area contributed by atoms with Crippen LogP contribution in [0.1, 0.15) is 38.2 Å². The molecule has 8 nitrogen and oxygen atoms in total. The van der Waals surface area contributed by atoms with Gasteiger partial charge in [-0.1, -0.05) is 54.6 Å². The molecule has 1 fully saturated rings. The number of aryl methyl sites for hydroxylation is 2. The molecular weight excluding hydrogens is 526 g/mol. The van der Waals surface area contributed by atoms with E-state index in [9.17, 15) is 24.6 Å². The summed E-state index contributed by atoms with van der Waals surface area (Å²) >= 11 is 1.44. The van der Waals surface area contributed by atoms with Crippen LogP contribution in [0.5, 0.6) is 5.75 Å². The van der Waals surface area contributed by atoms with Gasteiger partial charge in [-0.25, -0.2) is 0 Å². The smallest absolute Gasteiger partial charge is 0.254 e. The van der Waals surface area contributed by atoms with Gasteiger partial charge in [0.1, 0.15) is 11.8 Å². The van der Waals surface area contributed by atoms with Crippen molar-refractivity contribution in [2.24, 2.45) is 0 Å². The normalized spacial score (nSPS) is 16.3. The van der Waals surface area contributed by atoms with Crippen molar-refractivity contribution in [1.82, 2.24) is 15.5 Å². The maximum Gasteiger partial charge on any atom is 0.254 e. The van der Waals surface area contributed by atoms with E-state index < -0.39 is 30.0 Å². The minimum absolute atomic E-state index is 0.0206. The second-order valence-electron chi connectivity index (χ2n) is 10.1. The SMILES string of the molecule is Cc1cccc(C)c1CNC(=O)[C@@H]1CSCN1C(=O)C(O)C(Cc1ccccc1)NC(=O)c1cccc(O)c1C. The number of thioether (sulfide) groups is 1. The van der Waals surface area contributed by atoms with Crippen molar-refractivity contribution < 1.29 is 24.6 Å². The zero-order valence-electron chi connectivity index (χ0n) is 22.9. The maximum absolute atomic E-state index is 13.6. The second kappa shape index (κ2) is 13.0. The highest BCUT2D eigenvalue weighted by atomic mass is 32.2. The number of aliphatic hydroxyl groups excluding tert-OH is 1. The minimum atomic E-state index is -1.59. The molecule has 0 aromatic heterocycles. The number of nitrogens with zero attached hydrogens (tertiary/aromatic N) is 1. The maximum atomic E-state index is 13.6. The van der Waals surface area contributed by atoms with Crippen molar-refractivity contribution >= 4 is 29.5 Å². The summed E-state index contributed by atoms with van der Waals surface area (Å²) in [5, 5.41) is 27.1. The fourth-order valence-corrected chi connectivity index (χ4v) is 6.03. The van der Waals surface area contributed by atoms with E-state index in [1.54, 1.807) is 19.1 Å². The fourth-order valence-electron chi connectivity index (χ4n) is 4.87. The third-order valence-corrected chi connectivity index (χ3v) is 8.36. The van der Waals surface area contributed by atoms with E-state index in [4.69, 9.17) is 0 Å². The van der Waals surface area contributed by atoms with E-state index >= 15 is 0 Å². The first kappa shape index (κ1) is 29.2. The van der Waals surface area contributed by atoms with Gasteiger partial charge in [-0.3, -0.25) is 14.4 Å². The topological polar surface area (TPSA) is 119 Å². The summed E-state index contributed by atoms with van der Waals surface area (Å²) in [6.45, 7) is 5.96. The number of phenols is 1. The lowest BCUT2D eigenvalue weighted by Gasteiger charge is -2.30. The van der Waals surface area contributed by atoms with Crippen LogP contribution in [-0.2, 0) is 22.6 Å². The van der Waals surface area contributed by atoms with E-state index in [0.29, 0.717) is 17.9 Å². The third-order valence-electron chi connectivity index (χ3n) is 7.35. The van der Waals surface area contributed by atoms with Gasteiger partial charge < -0.3 is 25.7 Å². The molecule has 1 heterocycles. The van der Waals surface area contributed by atoms with E-state index in [1.165, 1.54) is 22.7 Å². The van der Waals surface area contributed by atoms with Crippen molar-refractivity contribution in [3.63, 3.8) is 0 Å². The van der Waals surface area contributed by atoms with Crippen LogP contribution in [0.2, 0.25) is 0 Å². The molecule has 210 valence electrons. The standard InChI is InChI=1S/C31H35N3O5S/c1-19-9-7-10-20(2)24(19)16-32-30(38)26-17-40-18-34(26)31(39)28(36)25(15-22-11-5-4-6-12-22)33-29(37)23-13-8-14-27(35)21(23)3/h4-14,25-26,28,35-36H,15-18H2,1-3H3,(H,32,38)(H,33,37)/t25?,26-,28?/m0/s1. The molecule has 4 N–H and O–H groups in total. The number of carbonyl (C=O) groups is 3. The van der Waals surface area contributed by atoms with Gasteiger partial charge in [-0.2, -0.15) is 0 Å². The molecule has 0 radical (unpaired) electrons. The van der Waals surface area contributed by atoms with Crippen LogP contribution in [0.15, 0.2) is 66.7 Å². The number of aliphatic hydroxyl groups is 1. The highest BCUT2D eigenvalue weighted by Gasteiger charge is 2.40. The molecule has 2 unspecified atom stereocenters. The molecule has 1 aliphatic rings. The zero-order valence-corrected chi connectivity index (χ0v) is 23.7. The highest BCUT2D eigenvalue weighted by Crippen LogP contribution is 2.24. The Bertz CT molecular complexity index is 1360. The number of benzene rings is 3. The Balaban J connectivity index is 1.50. The molecule has 3 amide bonds. The van der Waals surface area contributed by atoms with Gasteiger partial charge in [-0.15, -0.1) is 11.8 Å². The number of hydrogen-bond acceptors (Lipinski definition) is 6. The first-order valence-electron chi connectivity index (χ1n) is 13.2. The average Bonchev–Trinajstić information content (AvgIpc) is 3.44. The molecule has 1 aliphatic heterocycles. The van der Waals surface area contributed by atoms with Gasteiger partial charge in [-0.05, 0) is 61.6 Å². The summed E-state index contributed by atoms with van der Waals surface area (Å²) in [5.41, 5.74) is 4.66. The molecule has 1 saturated heterocycles. The van der Waals surface area contributed by atoms with Crippen LogP contribution in [0.25, 0.3) is 0 Å². The lowest BCUT2D eigenvalue weighted by atomic mass is 9.98. The summed E-state index contributed by atoms with van der Waals surface area (Å²) in [6, 6.07) is 18.1. The molecule has 0 aliphatic carbocycles. The number of phenolic OH excluding ortho intramolecular Hbond substituents is 1. The van der Waals surface area contributed by atoms with Crippen LogP contribution < -0.4 is 10.6 Å².